The van der Waals surface area contributed by atoms with Crippen molar-refractivity contribution in [1.82, 2.24) is 10.6 Å². The minimum Gasteiger partial charge on any atom is -0.482 e. The second kappa shape index (κ2) is 10.1. The van der Waals surface area contributed by atoms with E-state index in [9.17, 15) is 19.2 Å². The van der Waals surface area contributed by atoms with Gasteiger partial charge in [-0.3, -0.25) is 10.1 Å². The minimum absolute atomic E-state index is 0.284. The first-order valence-corrected chi connectivity index (χ1v) is 8.29. The largest absolute Gasteiger partial charge is 0.482 e. The third kappa shape index (κ3) is 6.72. The van der Waals surface area contributed by atoms with Crippen LogP contribution in [0, 0.1) is 0 Å². The predicted octanol–water partition coefficient (Wildman–Crippen LogP) is 0.576. The number of esters is 1. The first-order valence-electron chi connectivity index (χ1n) is 8.29. The van der Waals surface area contributed by atoms with Crippen molar-refractivity contribution in [3.05, 3.63) is 40.8 Å². The van der Waals surface area contributed by atoms with E-state index in [1.54, 1.807) is 25.1 Å². The van der Waals surface area contributed by atoms with Crippen LogP contribution in [0.5, 0.6) is 5.75 Å². The van der Waals surface area contributed by atoms with Gasteiger partial charge in [-0.25, -0.2) is 14.4 Å². The first kappa shape index (κ1) is 20.9. The molecule has 10 heteroatoms. The Kier molecular flexibility index (Phi) is 7.52. The minimum atomic E-state index is -0.807. The predicted molar refractivity (Wildman–Crippen MR) is 97.0 cm³/mol. The number of rotatable bonds is 8. The third-order valence-corrected chi connectivity index (χ3v) is 3.36. The van der Waals surface area contributed by atoms with Gasteiger partial charge in [-0.1, -0.05) is 0 Å². The number of hydrogen-bond donors (Lipinski definition) is 2. The maximum atomic E-state index is 11.7. The lowest BCUT2D eigenvalue weighted by Gasteiger charge is -2.13. The van der Waals surface area contributed by atoms with Crippen LogP contribution in [0.3, 0.4) is 0 Å². The van der Waals surface area contributed by atoms with Crippen LogP contribution in [0.4, 0.5) is 4.79 Å². The molecule has 3 amide bonds. The van der Waals surface area contributed by atoms with E-state index in [0.29, 0.717) is 11.0 Å². The van der Waals surface area contributed by atoms with Crippen LogP contribution in [0.25, 0.3) is 11.0 Å². The number of fused-ring (bicyclic) bond motifs is 1. The molecular formula is C18H20N2O8. The van der Waals surface area contributed by atoms with Gasteiger partial charge in [0.2, 0.25) is 0 Å². The first-order chi connectivity index (χ1) is 13.4. The molecule has 0 spiro atoms. The van der Waals surface area contributed by atoms with E-state index in [2.05, 4.69) is 5.32 Å². The van der Waals surface area contributed by atoms with Crippen molar-refractivity contribution in [3.8, 4) is 5.75 Å². The standard InChI is InChI=1S/C18H20N2O8/c1-11(8-25-2)19-18(24)20-15(21)9-27-17(23)10-26-13-5-3-12-4-6-16(22)28-14(12)7-13/h3-7,11H,8-10H2,1-2H3,(H2,19,20,21,24)/t11-/m0/s1. The SMILES string of the molecule is COC[C@H](C)NC(=O)NC(=O)COC(=O)COc1ccc2ccc(=O)oc2c1. The average molecular weight is 392 g/mol. The van der Waals surface area contributed by atoms with Gasteiger partial charge < -0.3 is 23.9 Å². The Bertz CT molecular complexity index is 908. The summed E-state index contributed by atoms with van der Waals surface area (Å²) in [5.41, 5.74) is -0.192. The van der Waals surface area contributed by atoms with Gasteiger partial charge in [0.15, 0.2) is 13.2 Å². The van der Waals surface area contributed by atoms with Crippen LogP contribution in [0.2, 0.25) is 0 Å². The van der Waals surface area contributed by atoms with Crippen LogP contribution < -0.4 is 21.0 Å². The number of hydrogen-bond acceptors (Lipinski definition) is 8. The number of ether oxygens (including phenoxy) is 3. The molecule has 2 N–H and O–H groups in total. The fraction of sp³-hybridized carbons (Fsp3) is 0.333. The molecule has 1 aromatic carbocycles. The van der Waals surface area contributed by atoms with Crippen molar-refractivity contribution in [1.29, 1.82) is 0 Å². The molecule has 0 unspecified atom stereocenters. The Morgan fingerprint density at radius 2 is 1.89 bits per heavy atom. The zero-order valence-corrected chi connectivity index (χ0v) is 15.4. The molecular weight excluding hydrogens is 372 g/mol. The molecule has 150 valence electrons. The molecule has 0 saturated carbocycles. The second-order valence-corrected chi connectivity index (χ2v) is 5.78. The summed E-state index contributed by atoms with van der Waals surface area (Å²) in [6, 6.07) is 6.60. The lowest BCUT2D eigenvalue weighted by atomic mass is 10.2. The maximum Gasteiger partial charge on any atom is 0.344 e. The van der Waals surface area contributed by atoms with Crippen LogP contribution in [-0.2, 0) is 19.1 Å². The third-order valence-electron chi connectivity index (χ3n) is 3.36. The number of urea groups is 1. The molecule has 28 heavy (non-hydrogen) atoms. The fourth-order valence-electron chi connectivity index (χ4n) is 2.17. The quantitative estimate of drug-likeness (QED) is 0.492. The van der Waals surface area contributed by atoms with Gasteiger partial charge >= 0.3 is 17.6 Å². The van der Waals surface area contributed by atoms with E-state index < -0.39 is 36.7 Å². The van der Waals surface area contributed by atoms with Crippen LogP contribution in [-0.4, -0.2) is 50.9 Å². The number of amides is 3. The number of benzene rings is 1. The van der Waals surface area contributed by atoms with E-state index in [1.807, 2.05) is 5.32 Å². The van der Waals surface area contributed by atoms with Crippen molar-refractivity contribution in [2.75, 3.05) is 26.9 Å². The summed E-state index contributed by atoms with van der Waals surface area (Å²) < 4.78 is 19.8. The molecule has 0 aliphatic rings. The zero-order chi connectivity index (χ0) is 20.5. The van der Waals surface area contributed by atoms with Crippen LogP contribution >= 0.6 is 0 Å². The summed E-state index contributed by atoms with van der Waals surface area (Å²) in [7, 11) is 1.48. The van der Waals surface area contributed by atoms with E-state index in [-0.39, 0.29) is 18.4 Å². The molecule has 10 nitrogen and oxygen atoms in total. The van der Waals surface area contributed by atoms with Crippen molar-refractivity contribution in [2.45, 2.75) is 13.0 Å². The zero-order valence-electron chi connectivity index (χ0n) is 15.4. The van der Waals surface area contributed by atoms with Crippen LogP contribution in [0.1, 0.15) is 6.92 Å². The molecule has 0 fully saturated rings. The number of nitrogens with one attached hydrogen (secondary N) is 2. The Morgan fingerprint density at radius 1 is 1.14 bits per heavy atom. The van der Waals surface area contributed by atoms with Gasteiger partial charge in [-0.05, 0) is 25.1 Å². The van der Waals surface area contributed by atoms with Crippen molar-refractivity contribution < 1.29 is 33.0 Å². The lowest BCUT2D eigenvalue weighted by molar-refractivity contribution is -0.150. The highest BCUT2D eigenvalue weighted by atomic mass is 16.6. The Balaban J connectivity index is 1.74. The molecule has 2 rings (SSSR count). The molecule has 1 heterocycles. The molecule has 0 radical (unpaired) electrons. The number of carbonyl (C=O) groups excluding carboxylic acids is 3. The molecule has 2 aromatic rings. The number of imide groups is 1. The van der Waals surface area contributed by atoms with E-state index in [4.69, 9.17) is 18.6 Å². The summed E-state index contributed by atoms with van der Waals surface area (Å²) in [4.78, 5) is 46.0. The van der Waals surface area contributed by atoms with Crippen molar-refractivity contribution >= 4 is 28.9 Å². The van der Waals surface area contributed by atoms with E-state index >= 15 is 0 Å². The normalized spacial score (nSPS) is 11.5. The highest BCUT2D eigenvalue weighted by Gasteiger charge is 2.13. The van der Waals surface area contributed by atoms with Gasteiger partial charge in [-0.2, -0.15) is 0 Å². The van der Waals surface area contributed by atoms with Crippen molar-refractivity contribution in [2.24, 2.45) is 0 Å². The van der Waals surface area contributed by atoms with Crippen LogP contribution in [0.15, 0.2) is 39.5 Å². The highest BCUT2D eigenvalue weighted by molar-refractivity contribution is 5.95. The molecule has 0 bridgehead atoms. The monoisotopic (exact) mass is 392 g/mol. The van der Waals surface area contributed by atoms with Crippen molar-refractivity contribution in [3.63, 3.8) is 0 Å². The fourth-order valence-corrected chi connectivity index (χ4v) is 2.17. The smallest absolute Gasteiger partial charge is 0.344 e. The number of methoxy groups -OCH3 is 1. The summed E-state index contributed by atoms with van der Waals surface area (Å²) >= 11 is 0. The summed E-state index contributed by atoms with van der Waals surface area (Å²) in [6.07, 6.45) is 0. The summed E-state index contributed by atoms with van der Waals surface area (Å²) in [5, 5.41) is 5.19. The number of carbonyl (C=O) groups is 3. The Morgan fingerprint density at radius 3 is 2.64 bits per heavy atom. The maximum absolute atomic E-state index is 11.7. The van der Waals surface area contributed by atoms with Gasteiger partial charge in [0.1, 0.15) is 11.3 Å². The van der Waals surface area contributed by atoms with Gasteiger partial charge in [0, 0.05) is 24.6 Å². The van der Waals surface area contributed by atoms with E-state index in [1.165, 1.54) is 19.2 Å². The molecule has 1 aromatic heterocycles. The highest BCUT2D eigenvalue weighted by Crippen LogP contribution is 2.19. The van der Waals surface area contributed by atoms with E-state index in [0.717, 1.165) is 0 Å². The second-order valence-electron chi connectivity index (χ2n) is 5.78. The Labute approximate surface area is 159 Å². The lowest BCUT2D eigenvalue weighted by Crippen LogP contribution is -2.46. The summed E-state index contributed by atoms with van der Waals surface area (Å²) in [5.74, 6) is -1.31. The Hall–Kier alpha value is -3.40. The average Bonchev–Trinajstić information content (AvgIpc) is 2.64. The summed E-state index contributed by atoms with van der Waals surface area (Å²) in [6.45, 7) is 0.878. The molecule has 0 saturated heterocycles. The molecule has 0 aliphatic heterocycles. The van der Waals surface area contributed by atoms with Gasteiger partial charge in [0.25, 0.3) is 5.91 Å². The molecule has 1 atom stereocenters. The van der Waals surface area contributed by atoms with Gasteiger partial charge in [-0.15, -0.1) is 0 Å². The topological polar surface area (TPSA) is 133 Å². The molecule has 0 aliphatic carbocycles. The van der Waals surface area contributed by atoms with Gasteiger partial charge in [0.05, 0.1) is 12.6 Å².